The highest BCUT2D eigenvalue weighted by Gasteiger charge is 2.68. The second kappa shape index (κ2) is 27.3. The standard InChI is InChI=1S/C49H79N4O15PS/c1-28(19-21-50)15-13-16-29(2)30(3)23-31(4)41(56)33(6)36(54)24-39(64-12)44-45(68-69(60,61)62)48(7,8)49(67-44)25-37(55)32(5)38(66-49)18-14-17-34-26-65-47(52-34)40(70)20-22-51-46(59)43(58)42(57)35(27-63-11)53(9)10/h13-17,19,23,26,31-33,35-45,54-58,70H,18,20,22,24-25,27H2,1-12H3,(H,51,59)(H2,60,61,62)/b15-13+,17-14-,28-19-,29-16+,30-23-. The molecule has 8 N–H and O–H groups in total. The van der Waals surface area contributed by atoms with Crippen LogP contribution in [0.5, 0.6) is 0 Å². The topological polar surface area (TPSA) is 287 Å². The van der Waals surface area contributed by atoms with Gasteiger partial charge in [-0.1, -0.05) is 70.6 Å². The molecule has 1 amide bonds. The van der Waals surface area contributed by atoms with E-state index in [0.29, 0.717) is 5.69 Å². The number of ether oxygens (including phenoxy) is 4. The van der Waals surface area contributed by atoms with E-state index in [1.165, 1.54) is 26.6 Å². The third-order valence-electron chi connectivity index (χ3n) is 13.7. The van der Waals surface area contributed by atoms with Crippen LogP contribution in [0.15, 0.2) is 63.9 Å². The van der Waals surface area contributed by atoms with Gasteiger partial charge in [-0.3, -0.25) is 9.32 Å². The quantitative estimate of drug-likeness (QED) is 0.0266. The lowest BCUT2D eigenvalue weighted by atomic mass is 9.72. The van der Waals surface area contributed by atoms with E-state index in [9.17, 15) is 44.7 Å². The molecule has 70 heavy (non-hydrogen) atoms. The first-order valence-corrected chi connectivity index (χ1v) is 25.6. The molecule has 0 radical (unpaired) electrons. The van der Waals surface area contributed by atoms with Crippen molar-refractivity contribution in [1.29, 1.82) is 5.26 Å². The summed E-state index contributed by atoms with van der Waals surface area (Å²) in [5, 5.41) is 66.5. The predicted molar refractivity (Wildman–Crippen MR) is 266 cm³/mol. The van der Waals surface area contributed by atoms with Crippen LogP contribution in [0.2, 0.25) is 0 Å². The number of thiol groups is 1. The first-order valence-electron chi connectivity index (χ1n) is 23.5. The van der Waals surface area contributed by atoms with Crippen LogP contribution in [-0.4, -0.2) is 159 Å². The normalized spacial score (nSPS) is 27.6. The van der Waals surface area contributed by atoms with Gasteiger partial charge in [0.1, 0.15) is 30.3 Å². The minimum Gasteiger partial charge on any atom is -0.447 e. The molecule has 2 aliphatic rings. The Balaban J connectivity index is 1.74. The maximum atomic E-state index is 12.6. The largest absolute Gasteiger partial charge is 0.469 e. The molecule has 396 valence electrons. The van der Waals surface area contributed by atoms with Crippen molar-refractivity contribution in [2.75, 3.05) is 41.5 Å². The van der Waals surface area contributed by atoms with Gasteiger partial charge in [-0.15, -0.1) is 0 Å². The van der Waals surface area contributed by atoms with Gasteiger partial charge in [-0.25, -0.2) is 9.55 Å². The fourth-order valence-corrected chi connectivity index (χ4v) is 9.74. The summed E-state index contributed by atoms with van der Waals surface area (Å²) in [6.45, 7) is 14.6. The molecule has 1 aromatic rings. The molecule has 1 spiro atoms. The second-order valence-corrected chi connectivity index (χ2v) is 21.3. The van der Waals surface area contributed by atoms with E-state index in [4.69, 9.17) is 33.2 Å². The van der Waals surface area contributed by atoms with E-state index < -0.39 is 103 Å². The number of aliphatic hydroxyl groups excluding tert-OH is 5. The van der Waals surface area contributed by atoms with Crippen molar-refractivity contribution in [2.24, 2.45) is 23.2 Å². The average molecular weight is 1030 g/mol. The molecule has 0 bridgehead atoms. The number of carbonyl (C=O) groups excluding carboxylic acids is 1. The number of oxazole rings is 1. The zero-order valence-electron chi connectivity index (χ0n) is 42.6. The number of hydrogen-bond donors (Lipinski definition) is 9. The highest BCUT2D eigenvalue weighted by atomic mass is 32.1. The molecule has 0 aliphatic carbocycles. The second-order valence-electron chi connectivity index (χ2n) is 19.5. The molecule has 15 unspecified atom stereocenters. The fraction of sp³-hybridized carbons (Fsp3) is 0.694. The third-order valence-corrected chi connectivity index (χ3v) is 14.7. The number of nitrogens with zero attached hydrogens (tertiary/aromatic N) is 3. The molecule has 19 nitrogen and oxygen atoms in total. The Bertz CT molecular complexity index is 2080. The van der Waals surface area contributed by atoms with E-state index in [1.54, 1.807) is 51.9 Å². The molecule has 2 saturated heterocycles. The van der Waals surface area contributed by atoms with Gasteiger partial charge in [0, 0.05) is 62.9 Å². The number of methoxy groups -OCH3 is 2. The number of amides is 1. The number of allylic oxidation sites excluding steroid dienone is 7. The summed E-state index contributed by atoms with van der Waals surface area (Å²) in [5.41, 5.74) is 1.81. The molecule has 1 aromatic heterocycles. The van der Waals surface area contributed by atoms with Gasteiger partial charge in [0.25, 0.3) is 5.91 Å². The van der Waals surface area contributed by atoms with Gasteiger partial charge in [0.05, 0.1) is 54.5 Å². The number of hydrogen-bond acceptors (Lipinski definition) is 17. The van der Waals surface area contributed by atoms with Crippen LogP contribution in [-0.2, 0) is 32.8 Å². The lowest BCUT2D eigenvalue weighted by Gasteiger charge is -2.50. The Morgan fingerprint density at radius 2 is 1.79 bits per heavy atom. The number of phosphoric ester groups is 1. The lowest BCUT2D eigenvalue weighted by Crippen LogP contribution is -2.58. The number of phosphoric acid groups is 1. The SMILES string of the molecule is COCC(C(O)C(O)C(=O)NCCC(S)c1nc(/C=C\CC2OC3(CC(O)C2C)OC(C(CC(O)C(C)C(O)C(C)\C=C(C)/C(C)=C/C=C/C(C)=C\C#N)OC)C(OP(=O)(O)O)C3(C)C)co1)N(C)C. The van der Waals surface area contributed by atoms with E-state index in [0.717, 1.165) is 16.7 Å². The van der Waals surface area contributed by atoms with Crippen LogP contribution in [0.4, 0.5) is 0 Å². The van der Waals surface area contributed by atoms with Gasteiger partial charge in [-0.05, 0) is 64.9 Å². The summed E-state index contributed by atoms with van der Waals surface area (Å²) >= 11 is 4.58. The van der Waals surface area contributed by atoms with Crippen molar-refractivity contribution >= 4 is 32.4 Å². The smallest absolute Gasteiger partial charge is 0.447 e. The molecule has 2 fully saturated rings. The Labute approximate surface area is 418 Å². The van der Waals surface area contributed by atoms with Gasteiger partial charge < -0.3 is 68.9 Å². The Morgan fingerprint density at radius 1 is 1.11 bits per heavy atom. The van der Waals surface area contributed by atoms with Crippen molar-refractivity contribution in [3.05, 3.63) is 71.0 Å². The Kier molecular flexibility index (Phi) is 23.9. The maximum Gasteiger partial charge on any atom is 0.469 e. The van der Waals surface area contributed by atoms with Gasteiger partial charge >= 0.3 is 7.82 Å². The summed E-state index contributed by atoms with van der Waals surface area (Å²) in [4.78, 5) is 39.1. The molecule has 21 heteroatoms. The molecule has 15 atom stereocenters. The highest BCUT2D eigenvalue weighted by Crippen LogP contribution is 2.59. The molecule has 0 aromatic carbocycles. The van der Waals surface area contributed by atoms with E-state index in [1.807, 2.05) is 65.0 Å². The number of aromatic nitrogens is 1. The Hall–Kier alpha value is -3.07. The van der Waals surface area contributed by atoms with Crippen molar-refractivity contribution in [2.45, 2.75) is 153 Å². The van der Waals surface area contributed by atoms with Crippen LogP contribution in [0.25, 0.3) is 6.08 Å². The number of nitriles is 1. The van der Waals surface area contributed by atoms with Gasteiger partial charge in [-0.2, -0.15) is 17.9 Å². The molecule has 3 heterocycles. The Morgan fingerprint density at radius 3 is 2.39 bits per heavy atom. The molecule has 2 aliphatic heterocycles. The maximum absolute atomic E-state index is 12.6. The first kappa shape index (κ1) is 61.2. The van der Waals surface area contributed by atoms with Gasteiger partial charge in [0.15, 0.2) is 11.9 Å². The number of aliphatic hydroxyl groups is 5. The average Bonchev–Trinajstić information content (AvgIpc) is 3.84. The third kappa shape index (κ3) is 16.5. The lowest BCUT2D eigenvalue weighted by molar-refractivity contribution is -0.334. The van der Waals surface area contributed by atoms with Crippen molar-refractivity contribution < 1.29 is 72.6 Å². The summed E-state index contributed by atoms with van der Waals surface area (Å²) in [6.07, 6.45) is 3.72. The van der Waals surface area contributed by atoms with E-state index in [-0.39, 0.29) is 50.6 Å². The zero-order chi connectivity index (χ0) is 52.9. The number of likely N-dealkylation sites (N-methyl/N-ethyl adjacent to an activating group) is 1. The van der Waals surface area contributed by atoms with Gasteiger partial charge in [0.2, 0.25) is 5.89 Å². The van der Waals surface area contributed by atoms with E-state index in [2.05, 4.69) is 22.9 Å². The van der Waals surface area contributed by atoms with Crippen molar-refractivity contribution in [3.63, 3.8) is 0 Å². The summed E-state index contributed by atoms with van der Waals surface area (Å²) in [6, 6.07) is 1.38. The summed E-state index contributed by atoms with van der Waals surface area (Å²) in [5.74, 6) is -3.60. The molecule has 3 rings (SSSR count). The predicted octanol–water partition coefficient (Wildman–Crippen LogP) is 4.56. The molecular weight excluding hydrogens is 948 g/mol. The minimum absolute atomic E-state index is 0.0730. The van der Waals surface area contributed by atoms with Crippen LogP contribution >= 0.6 is 20.5 Å². The van der Waals surface area contributed by atoms with E-state index >= 15 is 0 Å². The zero-order valence-corrected chi connectivity index (χ0v) is 44.4. The number of rotatable bonds is 26. The molecule has 0 saturated carbocycles. The minimum atomic E-state index is -5.16. The van der Waals surface area contributed by atoms with Crippen LogP contribution in [0.1, 0.15) is 97.9 Å². The van der Waals surface area contributed by atoms with Crippen molar-refractivity contribution in [3.8, 4) is 6.07 Å². The number of nitrogens with one attached hydrogen (secondary N) is 1. The van der Waals surface area contributed by atoms with Crippen LogP contribution < -0.4 is 5.32 Å². The fourth-order valence-electron chi connectivity index (χ4n) is 8.81. The van der Waals surface area contributed by atoms with Crippen molar-refractivity contribution in [1.82, 2.24) is 15.2 Å². The summed E-state index contributed by atoms with van der Waals surface area (Å²) in [7, 11) is 1.08. The highest BCUT2D eigenvalue weighted by molar-refractivity contribution is 7.80. The summed E-state index contributed by atoms with van der Waals surface area (Å²) < 4.78 is 48.1. The van der Waals surface area contributed by atoms with Crippen LogP contribution in [0.3, 0.4) is 0 Å². The monoisotopic (exact) mass is 1030 g/mol. The first-order chi connectivity index (χ1) is 32.6. The molecular formula is C49H79N4O15PS. The van der Waals surface area contributed by atoms with Crippen LogP contribution in [0, 0.1) is 34.5 Å². The number of carbonyl (C=O) groups is 1.